The van der Waals surface area contributed by atoms with Crippen LogP contribution in [0, 0.1) is 13.8 Å². The van der Waals surface area contributed by atoms with E-state index >= 15 is 0 Å². The predicted molar refractivity (Wildman–Crippen MR) is 116 cm³/mol. The first-order valence-corrected chi connectivity index (χ1v) is 9.95. The number of Topliss-reactive ketones (excluding diaryl/α,β-unsaturated/α-hetero) is 1. The van der Waals surface area contributed by atoms with Crippen LogP contribution < -0.4 is 14.4 Å². The molecule has 5 nitrogen and oxygen atoms in total. The molecular weight excluding hydrogens is 366 g/mol. The van der Waals surface area contributed by atoms with Crippen molar-refractivity contribution >= 4 is 17.4 Å². The molecule has 5 heteroatoms. The van der Waals surface area contributed by atoms with Gasteiger partial charge in [0.15, 0.2) is 17.3 Å². The highest BCUT2D eigenvalue weighted by atomic mass is 16.5. The summed E-state index contributed by atoms with van der Waals surface area (Å²) in [5, 5.41) is 0. The number of carbonyl (C=O) groups excluding carboxylic acids is 2. The van der Waals surface area contributed by atoms with E-state index < -0.39 is 0 Å². The number of hydrogen-bond acceptors (Lipinski definition) is 4. The van der Waals surface area contributed by atoms with Crippen molar-refractivity contribution in [2.75, 3.05) is 18.6 Å². The summed E-state index contributed by atoms with van der Waals surface area (Å²) in [6.07, 6.45) is 0.976. The Morgan fingerprint density at radius 3 is 2.38 bits per heavy atom. The minimum Gasteiger partial charge on any atom is -0.493 e. The molecule has 2 aromatic carbocycles. The van der Waals surface area contributed by atoms with E-state index in [0.717, 1.165) is 16.8 Å². The Morgan fingerprint density at radius 2 is 1.76 bits per heavy atom. The Kier molecular flexibility index (Phi) is 7.82. The van der Waals surface area contributed by atoms with Crippen molar-refractivity contribution in [1.29, 1.82) is 0 Å². The fourth-order valence-electron chi connectivity index (χ4n) is 3.21. The number of ketones is 1. The molecule has 0 fully saturated rings. The van der Waals surface area contributed by atoms with E-state index in [9.17, 15) is 9.59 Å². The molecule has 0 aliphatic carbocycles. The van der Waals surface area contributed by atoms with Crippen LogP contribution in [0.2, 0.25) is 0 Å². The number of carbonyl (C=O) groups is 2. The Morgan fingerprint density at radius 1 is 1.03 bits per heavy atom. The van der Waals surface area contributed by atoms with Crippen LogP contribution in [0.15, 0.2) is 36.4 Å². The average molecular weight is 398 g/mol. The summed E-state index contributed by atoms with van der Waals surface area (Å²) in [6.45, 7) is 10.0. The van der Waals surface area contributed by atoms with Gasteiger partial charge in [-0.2, -0.15) is 0 Å². The number of amides is 1. The number of hydrogen-bond donors (Lipinski definition) is 0. The molecule has 0 bridgehead atoms. The van der Waals surface area contributed by atoms with E-state index in [1.165, 1.54) is 6.92 Å². The van der Waals surface area contributed by atoms with Crippen LogP contribution in [0.3, 0.4) is 0 Å². The molecule has 0 heterocycles. The smallest absolute Gasteiger partial charge is 0.227 e. The van der Waals surface area contributed by atoms with Crippen LogP contribution in [0.1, 0.15) is 55.1 Å². The summed E-state index contributed by atoms with van der Waals surface area (Å²) in [5.41, 5.74) is 3.76. The Balaban J connectivity index is 1.99. The summed E-state index contributed by atoms with van der Waals surface area (Å²) in [6, 6.07) is 11.4. The lowest BCUT2D eigenvalue weighted by atomic mass is 10.1. The lowest BCUT2D eigenvalue weighted by Gasteiger charge is -2.29. The first kappa shape index (κ1) is 22.5. The van der Waals surface area contributed by atoms with Gasteiger partial charge in [-0.3, -0.25) is 9.59 Å². The molecule has 156 valence electrons. The number of aryl methyl sites for hydroxylation is 2. The van der Waals surface area contributed by atoms with E-state index in [4.69, 9.17) is 9.47 Å². The molecule has 2 rings (SSSR count). The summed E-state index contributed by atoms with van der Waals surface area (Å²) in [5.74, 6) is 1.14. The highest BCUT2D eigenvalue weighted by molar-refractivity contribution is 5.95. The van der Waals surface area contributed by atoms with E-state index in [0.29, 0.717) is 36.5 Å². The molecule has 0 aliphatic rings. The summed E-state index contributed by atoms with van der Waals surface area (Å²) >= 11 is 0. The number of benzene rings is 2. The zero-order valence-electron chi connectivity index (χ0n) is 18.2. The van der Waals surface area contributed by atoms with Crippen LogP contribution in [0.5, 0.6) is 11.5 Å². The van der Waals surface area contributed by atoms with Crippen LogP contribution in [0.25, 0.3) is 0 Å². The maximum atomic E-state index is 12.9. The third-order valence-electron chi connectivity index (χ3n) is 4.77. The Bertz CT molecular complexity index is 873. The molecule has 0 radical (unpaired) electrons. The standard InChI is InChI=1S/C24H31NO4/c1-16(2)25(21-14-17(3)9-10-18(21)4)24(27)8-7-13-29-22-12-11-20(19(5)26)15-23(22)28-6/h9-12,14-16H,7-8,13H2,1-6H3. The number of ether oxygens (including phenoxy) is 2. The number of methoxy groups -OCH3 is 1. The van der Waals surface area contributed by atoms with Crippen LogP contribution in [-0.4, -0.2) is 31.4 Å². The fourth-order valence-corrected chi connectivity index (χ4v) is 3.21. The van der Waals surface area contributed by atoms with Gasteiger partial charge in [0.2, 0.25) is 5.91 Å². The average Bonchev–Trinajstić information content (AvgIpc) is 2.67. The summed E-state index contributed by atoms with van der Waals surface area (Å²) in [4.78, 5) is 26.3. The molecule has 0 N–H and O–H groups in total. The molecular formula is C24H31NO4. The molecule has 0 saturated heterocycles. The van der Waals surface area contributed by atoms with Gasteiger partial charge in [-0.05, 0) is 76.4 Å². The zero-order valence-corrected chi connectivity index (χ0v) is 18.2. The second kappa shape index (κ2) is 10.1. The second-order valence-corrected chi connectivity index (χ2v) is 7.52. The molecule has 0 aromatic heterocycles. The van der Waals surface area contributed by atoms with Crippen LogP contribution >= 0.6 is 0 Å². The summed E-state index contributed by atoms with van der Waals surface area (Å²) in [7, 11) is 1.54. The number of rotatable bonds is 9. The lowest BCUT2D eigenvalue weighted by Crippen LogP contribution is -2.37. The van der Waals surface area contributed by atoms with Crippen molar-refractivity contribution in [3.63, 3.8) is 0 Å². The van der Waals surface area contributed by atoms with Crippen LogP contribution in [-0.2, 0) is 4.79 Å². The predicted octanol–water partition coefficient (Wildman–Crippen LogP) is 5.12. The molecule has 0 aliphatic heterocycles. The monoisotopic (exact) mass is 397 g/mol. The third-order valence-corrected chi connectivity index (χ3v) is 4.77. The largest absolute Gasteiger partial charge is 0.493 e. The molecule has 2 aromatic rings. The first-order chi connectivity index (χ1) is 13.7. The van der Waals surface area contributed by atoms with Gasteiger partial charge in [0.25, 0.3) is 0 Å². The maximum absolute atomic E-state index is 12.9. The highest BCUT2D eigenvalue weighted by Gasteiger charge is 2.20. The van der Waals surface area contributed by atoms with E-state index in [2.05, 4.69) is 12.1 Å². The van der Waals surface area contributed by atoms with Crippen molar-refractivity contribution in [2.24, 2.45) is 0 Å². The molecule has 0 atom stereocenters. The third kappa shape index (κ3) is 5.83. The molecule has 0 spiro atoms. The Labute approximate surface area is 173 Å². The molecule has 0 saturated carbocycles. The lowest BCUT2D eigenvalue weighted by molar-refractivity contribution is -0.119. The zero-order chi connectivity index (χ0) is 21.6. The molecule has 0 unspecified atom stereocenters. The minimum absolute atomic E-state index is 0.0272. The van der Waals surface area contributed by atoms with Crippen molar-refractivity contribution in [3.8, 4) is 11.5 Å². The van der Waals surface area contributed by atoms with Gasteiger partial charge in [-0.15, -0.1) is 0 Å². The normalized spacial score (nSPS) is 10.7. The Hall–Kier alpha value is -2.82. The van der Waals surface area contributed by atoms with Gasteiger partial charge in [0.1, 0.15) is 0 Å². The first-order valence-electron chi connectivity index (χ1n) is 9.95. The van der Waals surface area contributed by atoms with Gasteiger partial charge in [0, 0.05) is 23.7 Å². The second-order valence-electron chi connectivity index (χ2n) is 7.52. The maximum Gasteiger partial charge on any atom is 0.227 e. The topological polar surface area (TPSA) is 55.8 Å². The van der Waals surface area contributed by atoms with Crippen molar-refractivity contribution in [1.82, 2.24) is 0 Å². The van der Waals surface area contributed by atoms with Crippen molar-refractivity contribution < 1.29 is 19.1 Å². The van der Waals surface area contributed by atoms with Gasteiger partial charge >= 0.3 is 0 Å². The van der Waals surface area contributed by atoms with Gasteiger partial charge in [-0.1, -0.05) is 12.1 Å². The van der Waals surface area contributed by atoms with E-state index in [1.807, 2.05) is 38.7 Å². The minimum atomic E-state index is -0.0272. The molecule has 1 amide bonds. The van der Waals surface area contributed by atoms with Gasteiger partial charge < -0.3 is 14.4 Å². The number of anilines is 1. The fraction of sp³-hybridized carbons (Fsp3) is 0.417. The summed E-state index contributed by atoms with van der Waals surface area (Å²) < 4.78 is 11.1. The van der Waals surface area contributed by atoms with E-state index in [-0.39, 0.29) is 17.7 Å². The highest BCUT2D eigenvalue weighted by Crippen LogP contribution is 2.29. The van der Waals surface area contributed by atoms with Crippen molar-refractivity contribution in [3.05, 3.63) is 53.1 Å². The van der Waals surface area contributed by atoms with Crippen molar-refractivity contribution in [2.45, 2.75) is 53.5 Å². The quantitative estimate of drug-likeness (QED) is 0.435. The SMILES string of the molecule is COc1cc(C(C)=O)ccc1OCCCC(=O)N(c1cc(C)ccc1C)C(C)C. The van der Waals surface area contributed by atoms with Gasteiger partial charge in [0.05, 0.1) is 13.7 Å². The van der Waals surface area contributed by atoms with Crippen LogP contribution in [0.4, 0.5) is 5.69 Å². The van der Waals surface area contributed by atoms with E-state index in [1.54, 1.807) is 25.3 Å². The van der Waals surface area contributed by atoms with Gasteiger partial charge in [-0.25, -0.2) is 0 Å². The molecule has 29 heavy (non-hydrogen) atoms. The number of nitrogens with zero attached hydrogens (tertiary/aromatic N) is 1.